The number of nitrogens with two attached hydrogens (primary N) is 1. The molecule has 0 unspecified atom stereocenters. The summed E-state index contributed by atoms with van der Waals surface area (Å²) < 4.78 is 0. The van der Waals surface area contributed by atoms with Crippen LogP contribution in [-0.2, 0) is 0 Å². The van der Waals surface area contributed by atoms with Crippen molar-refractivity contribution in [1.82, 2.24) is 9.97 Å². The van der Waals surface area contributed by atoms with Crippen molar-refractivity contribution >= 4 is 39.0 Å². The quantitative estimate of drug-likeness (QED) is 0.683. The SMILES string of the molecule is Nc1ncnc2scc(Cl)c12. The number of thiophene rings is 1. The molecular weight excluding hydrogens is 182 g/mol. The minimum Gasteiger partial charge on any atom is -0.383 e. The minimum atomic E-state index is 0.446. The number of hydrogen-bond acceptors (Lipinski definition) is 4. The molecule has 0 aliphatic rings. The zero-order valence-corrected chi connectivity index (χ0v) is 6.99. The fraction of sp³-hybridized carbons (Fsp3) is 0. The smallest absolute Gasteiger partial charge is 0.137 e. The van der Waals surface area contributed by atoms with Crippen molar-refractivity contribution in [2.75, 3.05) is 5.73 Å². The van der Waals surface area contributed by atoms with Crippen LogP contribution in [0.1, 0.15) is 0 Å². The van der Waals surface area contributed by atoms with Gasteiger partial charge in [0.1, 0.15) is 17.0 Å². The molecule has 0 radical (unpaired) electrons. The Morgan fingerprint density at radius 1 is 1.45 bits per heavy atom. The highest BCUT2D eigenvalue weighted by molar-refractivity contribution is 7.17. The predicted molar refractivity (Wildman–Crippen MR) is 46.8 cm³/mol. The lowest BCUT2D eigenvalue weighted by Crippen LogP contribution is -1.90. The van der Waals surface area contributed by atoms with Gasteiger partial charge in [-0.15, -0.1) is 11.3 Å². The standard InChI is InChI=1S/C6H4ClN3S/c7-3-1-11-6-4(3)5(8)9-2-10-6/h1-2H,(H2,8,9,10). The summed E-state index contributed by atoms with van der Waals surface area (Å²) in [5.74, 6) is 0.446. The molecule has 0 amide bonds. The monoisotopic (exact) mass is 185 g/mol. The van der Waals surface area contributed by atoms with E-state index in [0.717, 1.165) is 10.2 Å². The molecule has 2 N–H and O–H groups in total. The third kappa shape index (κ3) is 0.948. The van der Waals surface area contributed by atoms with E-state index in [0.29, 0.717) is 10.8 Å². The number of nitrogens with zero attached hydrogens (tertiary/aromatic N) is 2. The van der Waals surface area contributed by atoms with Crippen molar-refractivity contribution in [1.29, 1.82) is 0 Å². The minimum absolute atomic E-state index is 0.446. The van der Waals surface area contributed by atoms with E-state index in [1.807, 2.05) is 0 Å². The van der Waals surface area contributed by atoms with Gasteiger partial charge in [-0.3, -0.25) is 0 Å². The summed E-state index contributed by atoms with van der Waals surface area (Å²) in [6.45, 7) is 0. The Morgan fingerprint density at radius 2 is 2.27 bits per heavy atom. The normalized spacial score (nSPS) is 10.6. The number of nitrogen functional groups attached to an aromatic ring is 1. The average Bonchev–Trinajstić information content (AvgIpc) is 2.34. The first-order valence-electron chi connectivity index (χ1n) is 2.92. The second-order valence-electron chi connectivity index (χ2n) is 2.02. The molecule has 0 spiro atoms. The summed E-state index contributed by atoms with van der Waals surface area (Å²) in [6, 6.07) is 0. The highest BCUT2D eigenvalue weighted by Crippen LogP contribution is 2.30. The van der Waals surface area contributed by atoms with Gasteiger partial charge in [0.15, 0.2) is 0 Å². The number of fused-ring (bicyclic) bond motifs is 1. The third-order valence-corrected chi connectivity index (χ3v) is 2.67. The Labute approximate surface area is 71.8 Å². The predicted octanol–water partition coefficient (Wildman–Crippen LogP) is 1.93. The van der Waals surface area contributed by atoms with E-state index in [9.17, 15) is 0 Å². The van der Waals surface area contributed by atoms with Crippen LogP contribution in [0.4, 0.5) is 5.82 Å². The number of anilines is 1. The number of rotatable bonds is 0. The van der Waals surface area contributed by atoms with Gasteiger partial charge >= 0.3 is 0 Å². The highest BCUT2D eigenvalue weighted by Gasteiger charge is 2.05. The van der Waals surface area contributed by atoms with Gasteiger partial charge in [0, 0.05) is 5.38 Å². The first-order chi connectivity index (χ1) is 5.29. The molecule has 0 fully saturated rings. The maximum absolute atomic E-state index is 5.83. The molecule has 2 aromatic rings. The van der Waals surface area contributed by atoms with Gasteiger partial charge in [0.2, 0.25) is 0 Å². The van der Waals surface area contributed by atoms with Crippen LogP contribution in [0.3, 0.4) is 0 Å². The molecule has 11 heavy (non-hydrogen) atoms. The van der Waals surface area contributed by atoms with Crippen LogP contribution in [0.5, 0.6) is 0 Å². The zero-order chi connectivity index (χ0) is 7.84. The molecule has 0 saturated carbocycles. The summed E-state index contributed by atoms with van der Waals surface area (Å²) in [5, 5.41) is 3.19. The van der Waals surface area contributed by atoms with Gasteiger partial charge in [0.25, 0.3) is 0 Å². The van der Waals surface area contributed by atoms with Crippen LogP contribution in [0, 0.1) is 0 Å². The van der Waals surface area contributed by atoms with Crippen molar-refractivity contribution in [3.8, 4) is 0 Å². The molecule has 0 saturated heterocycles. The van der Waals surface area contributed by atoms with E-state index in [1.54, 1.807) is 5.38 Å². The van der Waals surface area contributed by atoms with Gasteiger partial charge in [-0.25, -0.2) is 9.97 Å². The Kier molecular flexibility index (Phi) is 1.44. The zero-order valence-electron chi connectivity index (χ0n) is 5.41. The second kappa shape index (κ2) is 2.32. The van der Waals surface area contributed by atoms with Crippen LogP contribution in [-0.4, -0.2) is 9.97 Å². The maximum Gasteiger partial charge on any atom is 0.137 e. The lowest BCUT2D eigenvalue weighted by atomic mass is 10.4. The highest BCUT2D eigenvalue weighted by atomic mass is 35.5. The summed E-state index contributed by atoms with van der Waals surface area (Å²) in [4.78, 5) is 8.67. The Hall–Kier alpha value is -0.870. The van der Waals surface area contributed by atoms with Crippen LogP contribution in [0.25, 0.3) is 10.2 Å². The summed E-state index contributed by atoms with van der Waals surface area (Å²) in [5.41, 5.74) is 5.57. The fourth-order valence-corrected chi connectivity index (χ4v) is 2.01. The van der Waals surface area contributed by atoms with Gasteiger partial charge in [-0.1, -0.05) is 11.6 Å². The molecule has 0 bridgehead atoms. The lowest BCUT2D eigenvalue weighted by Gasteiger charge is -1.92. The molecule has 0 atom stereocenters. The van der Waals surface area contributed by atoms with Crippen molar-refractivity contribution in [3.05, 3.63) is 16.7 Å². The molecule has 0 aromatic carbocycles. The van der Waals surface area contributed by atoms with E-state index in [2.05, 4.69) is 9.97 Å². The fourth-order valence-electron chi connectivity index (χ4n) is 0.862. The van der Waals surface area contributed by atoms with E-state index < -0.39 is 0 Å². The average molecular weight is 186 g/mol. The van der Waals surface area contributed by atoms with Crippen molar-refractivity contribution in [2.24, 2.45) is 0 Å². The van der Waals surface area contributed by atoms with Crippen LogP contribution in [0.15, 0.2) is 11.7 Å². The van der Waals surface area contributed by atoms with Crippen molar-refractivity contribution in [3.63, 3.8) is 0 Å². The topological polar surface area (TPSA) is 51.8 Å². The van der Waals surface area contributed by atoms with E-state index in [1.165, 1.54) is 17.7 Å². The van der Waals surface area contributed by atoms with Crippen LogP contribution in [0.2, 0.25) is 5.02 Å². The third-order valence-electron chi connectivity index (χ3n) is 1.35. The Balaban J connectivity index is 2.96. The molecule has 5 heteroatoms. The first kappa shape index (κ1) is 6.82. The van der Waals surface area contributed by atoms with Gasteiger partial charge in [-0.05, 0) is 0 Å². The summed E-state index contributed by atoms with van der Waals surface area (Å²) in [6.07, 6.45) is 1.44. The Morgan fingerprint density at radius 3 is 3.00 bits per heavy atom. The van der Waals surface area contributed by atoms with E-state index >= 15 is 0 Å². The number of hydrogen-bond donors (Lipinski definition) is 1. The molecule has 2 rings (SSSR count). The van der Waals surface area contributed by atoms with Crippen LogP contribution >= 0.6 is 22.9 Å². The first-order valence-corrected chi connectivity index (χ1v) is 4.18. The molecule has 2 aromatic heterocycles. The maximum atomic E-state index is 5.83. The molecule has 56 valence electrons. The summed E-state index contributed by atoms with van der Waals surface area (Å²) >= 11 is 7.29. The van der Waals surface area contributed by atoms with E-state index in [4.69, 9.17) is 17.3 Å². The van der Waals surface area contributed by atoms with Gasteiger partial charge in [0.05, 0.1) is 10.4 Å². The summed E-state index contributed by atoms with van der Waals surface area (Å²) in [7, 11) is 0. The molecule has 3 nitrogen and oxygen atoms in total. The Bertz CT molecular complexity index is 398. The number of halogens is 1. The van der Waals surface area contributed by atoms with Crippen molar-refractivity contribution < 1.29 is 0 Å². The number of aromatic nitrogens is 2. The largest absolute Gasteiger partial charge is 0.383 e. The lowest BCUT2D eigenvalue weighted by molar-refractivity contribution is 1.24. The second-order valence-corrected chi connectivity index (χ2v) is 3.29. The van der Waals surface area contributed by atoms with E-state index in [-0.39, 0.29) is 0 Å². The molecule has 0 aliphatic carbocycles. The van der Waals surface area contributed by atoms with Gasteiger partial charge in [-0.2, -0.15) is 0 Å². The van der Waals surface area contributed by atoms with Crippen LogP contribution < -0.4 is 5.73 Å². The van der Waals surface area contributed by atoms with Gasteiger partial charge < -0.3 is 5.73 Å². The van der Waals surface area contributed by atoms with Crippen molar-refractivity contribution in [2.45, 2.75) is 0 Å². The molecule has 0 aliphatic heterocycles. The molecular formula is C6H4ClN3S. The molecule has 2 heterocycles.